The summed E-state index contributed by atoms with van der Waals surface area (Å²) < 4.78 is 3.34. The quantitative estimate of drug-likeness (QED) is 0.653. The smallest absolute Gasteiger partial charge is 0.0457 e. The highest BCUT2D eigenvalue weighted by molar-refractivity contribution is 7.99. The molecule has 0 saturated carbocycles. The summed E-state index contributed by atoms with van der Waals surface area (Å²) in [6.45, 7) is 3.34. The number of rotatable bonds is 5. The zero-order valence-electron chi connectivity index (χ0n) is 14.0. The molecule has 0 aliphatic carbocycles. The summed E-state index contributed by atoms with van der Waals surface area (Å²) in [4.78, 5) is 5.97. The van der Waals surface area contributed by atoms with Crippen LogP contribution in [0.2, 0.25) is 0 Å². The Morgan fingerprint density at radius 1 is 1.21 bits per heavy atom. The summed E-state index contributed by atoms with van der Waals surface area (Å²) >= 11 is 1.65. The topological polar surface area (TPSA) is 31.1 Å². The minimum atomic E-state index is 0.638. The summed E-state index contributed by atoms with van der Waals surface area (Å²) in [6.07, 6.45) is 5.47. The molecule has 1 atom stereocenters. The van der Waals surface area contributed by atoms with Crippen molar-refractivity contribution in [2.75, 3.05) is 24.1 Å². The lowest BCUT2D eigenvalue weighted by atomic mass is 9.98. The Balaban J connectivity index is 1.46. The molecule has 1 fully saturated rings. The van der Waals surface area contributed by atoms with Crippen molar-refractivity contribution in [1.82, 2.24) is 9.88 Å². The highest BCUT2D eigenvalue weighted by Crippen LogP contribution is 2.31. The minimum Gasteiger partial charge on any atom is -0.361 e. The van der Waals surface area contributed by atoms with Crippen LogP contribution in [0.15, 0.2) is 54.7 Å². The number of anilines is 1. The fraction of sp³-hybridized carbons (Fsp3) is 0.300. The minimum absolute atomic E-state index is 0.638. The van der Waals surface area contributed by atoms with Crippen molar-refractivity contribution in [3.8, 4) is 0 Å². The average molecular weight is 337 g/mol. The molecule has 3 aromatic rings. The molecule has 1 aliphatic rings. The molecule has 2 aromatic carbocycles. The van der Waals surface area contributed by atoms with Crippen molar-refractivity contribution >= 4 is 28.5 Å². The average Bonchev–Trinajstić information content (AvgIpc) is 3.24. The van der Waals surface area contributed by atoms with Gasteiger partial charge < -0.3 is 9.71 Å². The van der Waals surface area contributed by atoms with Gasteiger partial charge in [0.1, 0.15) is 0 Å². The van der Waals surface area contributed by atoms with Crippen LogP contribution >= 0.6 is 11.9 Å². The Hall–Kier alpha value is -1.91. The number of para-hydroxylation sites is 1. The Bertz CT molecular complexity index is 826. The summed E-state index contributed by atoms with van der Waals surface area (Å²) in [7, 11) is 0. The summed E-state index contributed by atoms with van der Waals surface area (Å²) in [5.74, 6) is 0.638. The molecule has 0 radical (unpaired) electrons. The second-order valence-electron chi connectivity index (χ2n) is 6.51. The predicted octanol–water partition coefficient (Wildman–Crippen LogP) is 4.85. The van der Waals surface area contributed by atoms with E-state index in [0.717, 1.165) is 13.1 Å². The Labute approximate surface area is 147 Å². The van der Waals surface area contributed by atoms with Crippen LogP contribution in [0.3, 0.4) is 0 Å². The molecule has 2 N–H and O–H groups in total. The van der Waals surface area contributed by atoms with Crippen LogP contribution < -0.4 is 4.72 Å². The van der Waals surface area contributed by atoms with Gasteiger partial charge in [0, 0.05) is 42.1 Å². The van der Waals surface area contributed by atoms with Gasteiger partial charge in [-0.3, -0.25) is 4.90 Å². The first-order valence-electron chi connectivity index (χ1n) is 8.50. The molecule has 4 rings (SSSR count). The number of aromatic nitrogens is 1. The van der Waals surface area contributed by atoms with E-state index < -0.39 is 0 Å². The lowest BCUT2D eigenvalue weighted by Gasteiger charge is -2.16. The third kappa shape index (κ3) is 3.17. The van der Waals surface area contributed by atoms with Crippen molar-refractivity contribution in [2.45, 2.75) is 18.9 Å². The first-order valence-corrected chi connectivity index (χ1v) is 9.72. The van der Waals surface area contributed by atoms with Crippen LogP contribution in [0.4, 0.5) is 5.69 Å². The highest BCUT2D eigenvalue weighted by atomic mass is 32.2. The molecule has 3 nitrogen and oxygen atoms in total. The molecule has 124 valence electrons. The number of hydrogen-bond donors (Lipinski definition) is 2. The number of likely N-dealkylation sites (tertiary alicyclic amines) is 1. The maximum absolute atomic E-state index is 3.39. The zero-order valence-corrected chi connectivity index (χ0v) is 14.8. The molecule has 2 heterocycles. The number of fused-ring (bicyclic) bond motifs is 1. The van der Waals surface area contributed by atoms with Crippen LogP contribution in [0.1, 0.15) is 23.5 Å². The molecular formula is C20H23N3S. The standard InChI is InChI=1S/C20H23N3S/c1-24-22-18-6-4-5-15(11-18)16-9-10-23(13-16)14-17-12-21-20-8-3-2-7-19(17)20/h2-8,11-12,16,21-22H,9-10,13-14H2,1H3. The first-order chi connectivity index (χ1) is 11.8. The number of nitrogens with zero attached hydrogens (tertiary/aromatic N) is 1. The second kappa shape index (κ2) is 6.91. The molecule has 0 bridgehead atoms. The Morgan fingerprint density at radius 3 is 3.04 bits per heavy atom. The van der Waals surface area contributed by atoms with E-state index in [2.05, 4.69) is 75.6 Å². The molecular weight excluding hydrogens is 314 g/mol. The van der Waals surface area contributed by atoms with Gasteiger partial charge in [-0.2, -0.15) is 0 Å². The summed E-state index contributed by atoms with van der Waals surface area (Å²) in [6, 6.07) is 17.4. The monoisotopic (exact) mass is 337 g/mol. The number of aromatic amines is 1. The van der Waals surface area contributed by atoms with Crippen LogP contribution in [0, 0.1) is 0 Å². The molecule has 0 spiro atoms. The van der Waals surface area contributed by atoms with Gasteiger partial charge in [-0.25, -0.2) is 0 Å². The van der Waals surface area contributed by atoms with Crippen LogP contribution in [0.5, 0.6) is 0 Å². The molecule has 1 aromatic heterocycles. The van der Waals surface area contributed by atoms with Gasteiger partial charge >= 0.3 is 0 Å². The van der Waals surface area contributed by atoms with E-state index in [1.165, 1.54) is 40.7 Å². The SMILES string of the molecule is CSNc1cccc(C2CCN(Cc3c[nH]c4ccccc34)C2)c1. The van der Waals surface area contributed by atoms with E-state index >= 15 is 0 Å². The van der Waals surface area contributed by atoms with Gasteiger partial charge in [-0.15, -0.1) is 0 Å². The van der Waals surface area contributed by atoms with Gasteiger partial charge in [-0.05, 0) is 48.2 Å². The molecule has 1 aliphatic heterocycles. The van der Waals surface area contributed by atoms with Crippen LogP contribution in [0.25, 0.3) is 10.9 Å². The van der Waals surface area contributed by atoms with Crippen LogP contribution in [-0.4, -0.2) is 29.2 Å². The van der Waals surface area contributed by atoms with Gasteiger partial charge in [0.15, 0.2) is 0 Å². The first kappa shape index (κ1) is 15.6. The normalized spacial score (nSPS) is 18.3. The largest absolute Gasteiger partial charge is 0.361 e. The third-order valence-electron chi connectivity index (χ3n) is 4.92. The lowest BCUT2D eigenvalue weighted by Crippen LogP contribution is -2.19. The van der Waals surface area contributed by atoms with Gasteiger partial charge in [-0.1, -0.05) is 42.3 Å². The van der Waals surface area contributed by atoms with E-state index in [1.54, 1.807) is 11.9 Å². The molecule has 1 unspecified atom stereocenters. The van der Waals surface area contributed by atoms with E-state index in [1.807, 2.05) is 0 Å². The van der Waals surface area contributed by atoms with E-state index in [-0.39, 0.29) is 0 Å². The van der Waals surface area contributed by atoms with Crippen molar-refractivity contribution in [1.29, 1.82) is 0 Å². The summed E-state index contributed by atoms with van der Waals surface area (Å²) in [5.41, 5.74) is 5.30. The molecule has 24 heavy (non-hydrogen) atoms. The summed E-state index contributed by atoms with van der Waals surface area (Å²) in [5, 5.41) is 1.35. The van der Waals surface area contributed by atoms with Gasteiger partial charge in [0.25, 0.3) is 0 Å². The second-order valence-corrected chi connectivity index (χ2v) is 7.12. The van der Waals surface area contributed by atoms with Crippen molar-refractivity contribution in [3.63, 3.8) is 0 Å². The fourth-order valence-electron chi connectivity index (χ4n) is 3.73. The Kier molecular flexibility index (Phi) is 4.50. The third-order valence-corrected chi connectivity index (χ3v) is 5.36. The lowest BCUT2D eigenvalue weighted by molar-refractivity contribution is 0.328. The van der Waals surface area contributed by atoms with Gasteiger partial charge in [0.2, 0.25) is 0 Å². The number of hydrogen-bond acceptors (Lipinski definition) is 3. The van der Waals surface area contributed by atoms with Gasteiger partial charge in [0.05, 0.1) is 0 Å². The highest BCUT2D eigenvalue weighted by Gasteiger charge is 2.24. The molecule has 0 amide bonds. The maximum Gasteiger partial charge on any atom is 0.0457 e. The zero-order chi connectivity index (χ0) is 16.4. The molecule has 1 saturated heterocycles. The van der Waals surface area contributed by atoms with E-state index in [4.69, 9.17) is 0 Å². The predicted molar refractivity (Wildman–Crippen MR) is 105 cm³/mol. The van der Waals surface area contributed by atoms with Crippen molar-refractivity contribution in [3.05, 3.63) is 65.9 Å². The number of H-pyrrole nitrogens is 1. The number of nitrogens with one attached hydrogen (secondary N) is 2. The fourth-order valence-corrected chi connectivity index (χ4v) is 4.09. The van der Waals surface area contributed by atoms with E-state index in [9.17, 15) is 0 Å². The van der Waals surface area contributed by atoms with E-state index in [0.29, 0.717) is 5.92 Å². The van der Waals surface area contributed by atoms with Crippen LogP contribution in [-0.2, 0) is 6.54 Å². The van der Waals surface area contributed by atoms with Crippen molar-refractivity contribution in [2.24, 2.45) is 0 Å². The van der Waals surface area contributed by atoms with Crippen molar-refractivity contribution < 1.29 is 0 Å². The molecule has 4 heteroatoms. The number of benzene rings is 2. The Morgan fingerprint density at radius 2 is 2.12 bits per heavy atom. The maximum atomic E-state index is 3.39.